The summed E-state index contributed by atoms with van der Waals surface area (Å²) in [7, 11) is 0. The van der Waals surface area contributed by atoms with Gasteiger partial charge in [-0.3, -0.25) is 14.7 Å². The lowest BCUT2D eigenvalue weighted by atomic mass is 9.83. The zero-order valence-electron chi connectivity index (χ0n) is 18.4. The summed E-state index contributed by atoms with van der Waals surface area (Å²) in [6, 6.07) is 13.0. The van der Waals surface area contributed by atoms with Gasteiger partial charge in [-0.05, 0) is 48.9 Å². The van der Waals surface area contributed by atoms with Gasteiger partial charge in [0, 0.05) is 62.3 Å². The number of rotatable bonds is 3. The lowest BCUT2D eigenvalue weighted by Crippen LogP contribution is -2.48. The quantitative estimate of drug-likeness (QED) is 0.643. The summed E-state index contributed by atoms with van der Waals surface area (Å²) in [6.45, 7) is 5.33. The molecule has 0 amide bonds. The summed E-state index contributed by atoms with van der Waals surface area (Å²) in [5.74, 6) is 1.79. The van der Waals surface area contributed by atoms with Gasteiger partial charge < -0.3 is 9.47 Å². The van der Waals surface area contributed by atoms with Crippen molar-refractivity contribution in [1.82, 2.24) is 19.4 Å². The zero-order chi connectivity index (χ0) is 21.5. The van der Waals surface area contributed by atoms with Crippen LogP contribution in [0.2, 0.25) is 0 Å². The molecule has 3 aliphatic heterocycles. The van der Waals surface area contributed by atoms with Crippen LogP contribution in [0.5, 0.6) is 0 Å². The highest BCUT2D eigenvalue weighted by Gasteiger charge is 2.35. The van der Waals surface area contributed by atoms with Gasteiger partial charge in [-0.2, -0.15) is 0 Å². The minimum absolute atomic E-state index is 0.211. The van der Waals surface area contributed by atoms with Crippen LogP contribution < -0.4 is 10.5 Å². The predicted octanol–water partition coefficient (Wildman–Crippen LogP) is 3.21. The lowest BCUT2D eigenvalue weighted by Gasteiger charge is -2.43. The fourth-order valence-corrected chi connectivity index (χ4v) is 5.90. The second kappa shape index (κ2) is 8.17. The predicted molar refractivity (Wildman–Crippen MR) is 125 cm³/mol. The summed E-state index contributed by atoms with van der Waals surface area (Å²) >= 11 is 0. The van der Waals surface area contributed by atoms with Crippen molar-refractivity contribution >= 4 is 5.82 Å². The highest BCUT2D eigenvalue weighted by atomic mass is 16.1. The minimum Gasteiger partial charge on any atom is -0.354 e. The first-order valence-electron chi connectivity index (χ1n) is 11.8. The Hall–Kier alpha value is -2.99. The van der Waals surface area contributed by atoms with E-state index >= 15 is 0 Å². The molecule has 0 unspecified atom stereocenters. The molecule has 0 saturated carbocycles. The molecule has 1 aromatic carbocycles. The second-order valence-corrected chi connectivity index (χ2v) is 9.55. The van der Waals surface area contributed by atoms with E-state index in [-0.39, 0.29) is 5.56 Å². The van der Waals surface area contributed by atoms with E-state index in [1.165, 1.54) is 16.8 Å². The Kier molecular flexibility index (Phi) is 5.02. The normalized spacial score (nSPS) is 22.7. The standard InChI is InChI=1S/C26H29N5O/c32-26-22(17-29-11-3-6-20-4-1-2-5-21(20)16-29)7-8-24-23-12-19(15-31(24)26)14-30(18-23)25-13-27-9-10-28-25/h1-2,4-5,7-10,13,19,23H,3,6,11-12,14-18H2/t19-,23+/m0/s1. The zero-order valence-corrected chi connectivity index (χ0v) is 18.4. The van der Waals surface area contributed by atoms with Gasteiger partial charge in [0.05, 0.1) is 6.20 Å². The van der Waals surface area contributed by atoms with Crippen LogP contribution in [0.15, 0.2) is 59.8 Å². The molecule has 1 saturated heterocycles. The van der Waals surface area contributed by atoms with Crippen molar-refractivity contribution in [3.05, 3.63) is 87.7 Å². The van der Waals surface area contributed by atoms with Gasteiger partial charge in [-0.1, -0.05) is 30.3 Å². The van der Waals surface area contributed by atoms with Gasteiger partial charge in [0.25, 0.3) is 5.56 Å². The number of anilines is 1. The molecule has 3 aliphatic rings. The van der Waals surface area contributed by atoms with Crippen molar-refractivity contribution in [3.63, 3.8) is 0 Å². The van der Waals surface area contributed by atoms with E-state index in [1.807, 2.05) is 6.20 Å². The summed E-state index contributed by atoms with van der Waals surface area (Å²) < 4.78 is 2.08. The van der Waals surface area contributed by atoms with Crippen LogP contribution >= 0.6 is 0 Å². The molecule has 1 fully saturated rings. The second-order valence-electron chi connectivity index (χ2n) is 9.55. The largest absolute Gasteiger partial charge is 0.354 e. The molecular weight excluding hydrogens is 398 g/mol. The Morgan fingerprint density at radius 1 is 1.00 bits per heavy atom. The van der Waals surface area contributed by atoms with Crippen molar-refractivity contribution < 1.29 is 0 Å². The average molecular weight is 428 g/mol. The maximum atomic E-state index is 13.5. The molecule has 2 aromatic heterocycles. The molecule has 2 atom stereocenters. The van der Waals surface area contributed by atoms with Crippen LogP contribution in [-0.4, -0.2) is 39.1 Å². The first kappa shape index (κ1) is 19.7. The number of aryl methyl sites for hydroxylation is 1. The van der Waals surface area contributed by atoms with Crippen LogP contribution in [0.1, 0.15) is 41.1 Å². The number of piperidine rings is 1. The van der Waals surface area contributed by atoms with Gasteiger partial charge in [0.15, 0.2) is 0 Å². The van der Waals surface area contributed by atoms with Gasteiger partial charge in [-0.15, -0.1) is 0 Å². The highest BCUT2D eigenvalue weighted by Crippen LogP contribution is 2.36. The Labute approximate surface area is 188 Å². The molecule has 6 heteroatoms. The Balaban J connectivity index is 1.24. The van der Waals surface area contributed by atoms with Gasteiger partial charge >= 0.3 is 0 Å². The number of hydrogen-bond acceptors (Lipinski definition) is 5. The summed E-state index contributed by atoms with van der Waals surface area (Å²) in [5, 5.41) is 0. The van der Waals surface area contributed by atoms with Crippen LogP contribution in [0.25, 0.3) is 0 Å². The van der Waals surface area contributed by atoms with E-state index < -0.39 is 0 Å². The fraction of sp³-hybridized carbons (Fsp3) is 0.423. The molecule has 0 aliphatic carbocycles. The molecule has 6 nitrogen and oxygen atoms in total. The highest BCUT2D eigenvalue weighted by molar-refractivity contribution is 5.38. The Bertz CT molecular complexity index is 1170. The molecule has 0 radical (unpaired) electrons. The van der Waals surface area contributed by atoms with Crippen molar-refractivity contribution in [1.29, 1.82) is 0 Å². The molecule has 2 bridgehead atoms. The van der Waals surface area contributed by atoms with Gasteiger partial charge in [0.2, 0.25) is 0 Å². The van der Waals surface area contributed by atoms with E-state index in [9.17, 15) is 4.79 Å². The van der Waals surface area contributed by atoms with E-state index in [2.05, 4.69) is 60.7 Å². The third-order valence-corrected chi connectivity index (χ3v) is 7.38. The van der Waals surface area contributed by atoms with E-state index in [0.29, 0.717) is 11.8 Å². The number of nitrogens with zero attached hydrogens (tertiary/aromatic N) is 5. The topological polar surface area (TPSA) is 54.3 Å². The van der Waals surface area contributed by atoms with Crippen molar-refractivity contribution in [2.75, 3.05) is 24.5 Å². The summed E-state index contributed by atoms with van der Waals surface area (Å²) in [5.41, 5.74) is 5.19. The van der Waals surface area contributed by atoms with Crippen LogP contribution in [0.4, 0.5) is 5.82 Å². The molecule has 0 N–H and O–H groups in total. The third-order valence-electron chi connectivity index (χ3n) is 7.38. The third kappa shape index (κ3) is 3.62. The number of hydrogen-bond donors (Lipinski definition) is 0. The fourth-order valence-electron chi connectivity index (χ4n) is 5.90. The summed E-state index contributed by atoms with van der Waals surface area (Å²) in [6.07, 6.45) is 8.74. The number of benzene rings is 1. The first-order valence-corrected chi connectivity index (χ1v) is 11.8. The molecule has 32 heavy (non-hydrogen) atoms. The van der Waals surface area contributed by atoms with Gasteiger partial charge in [-0.25, -0.2) is 4.98 Å². The van der Waals surface area contributed by atoms with E-state index in [4.69, 9.17) is 0 Å². The molecular formula is C26H29N5O. The lowest BCUT2D eigenvalue weighted by molar-refractivity contribution is 0.254. The molecule has 164 valence electrons. The first-order chi connectivity index (χ1) is 15.7. The maximum Gasteiger partial charge on any atom is 0.255 e. The van der Waals surface area contributed by atoms with Crippen LogP contribution in [0, 0.1) is 5.92 Å². The number of fused-ring (bicyclic) bond motifs is 5. The SMILES string of the molecule is O=c1c(CN2CCCc3ccccc3C2)ccc2n1C[C@H]1C[C@@H]2CN(c2cnccn2)C1. The molecule has 0 spiro atoms. The van der Waals surface area contributed by atoms with E-state index in [1.54, 1.807) is 12.4 Å². The molecule has 5 heterocycles. The monoisotopic (exact) mass is 427 g/mol. The average Bonchev–Trinajstić information content (AvgIpc) is 3.03. The molecule has 3 aromatic rings. The van der Waals surface area contributed by atoms with Crippen LogP contribution in [0.3, 0.4) is 0 Å². The Morgan fingerprint density at radius 2 is 1.91 bits per heavy atom. The maximum absolute atomic E-state index is 13.5. The van der Waals surface area contributed by atoms with Crippen molar-refractivity contribution in [2.45, 2.75) is 44.8 Å². The minimum atomic E-state index is 0.211. The number of pyridine rings is 1. The summed E-state index contributed by atoms with van der Waals surface area (Å²) in [4.78, 5) is 27.0. The Morgan fingerprint density at radius 3 is 2.78 bits per heavy atom. The van der Waals surface area contributed by atoms with E-state index in [0.717, 1.165) is 69.9 Å². The van der Waals surface area contributed by atoms with Crippen molar-refractivity contribution in [3.8, 4) is 0 Å². The number of aromatic nitrogens is 3. The van der Waals surface area contributed by atoms with Crippen molar-refractivity contribution in [2.24, 2.45) is 5.92 Å². The van der Waals surface area contributed by atoms with Gasteiger partial charge in [0.1, 0.15) is 5.82 Å². The molecule has 6 rings (SSSR count). The smallest absolute Gasteiger partial charge is 0.255 e. The van der Waals surface area contributed by atoms with Crippen LogP contribution in [-0.2, 0) is 26.1 Å².